The average Bonchev–Trinajstić information content (AvgIpc) is 2.97. The zero-order chi connectivity index (χ0) is 13.7. The summed E-state index contributed by atoms with van der Waals surface area (Å²) in [6, 6.07) is 0.350. The molecule has 2 rings (SSSR count). The third-order valence-corrected chi connectivity index (χ3v) is 3.32. The average molecular weight is 266 g/mol. The Balaban J connectivity index is 2.22. The summed E-state index contributed by atoms with van der Waals surface area (Å²) in [5.41, 5.74) is 0. The lowest BCUT2D eigenvalue weighted by molar-refractivity contribution is 0.193. The molecule has 1 unspecified atom stereocenters. The van der Waals surface area contributed by atoms with Crippen molar-refractivity contribution in [2.75, 3.05) is 44.1 Å². The highest BCUT2D eigenvalue weighted by atomic mass is 16.5. The van der Waals surface area contributed by atoms with Crippen LogP contribution in [0.15, 0.2) is 6.33 Å². The summed E-state index contributed by atoms with van der Waals surface area (Å²) < 4.78 is 10.9. The minimum Gasteiger partial charge on any atom is -0.490 e. The molecule has 1 atom stereocenters. The normalized spacial score (nSPS) is 18.4. The molecule has 6 heteroatoms. The minimum absolute atomic E-state index is 0.350. The topological polar surface area (TPSA) is 59.5 Å². The highest BCUT2D eigenvalue weighted by Gasteiger charge is 2.25. The van der Waals surface area contributed by atoms with Gasteiger partial charge in [-0.25, -0.2) is 9.97 Å². The van der Waals surface area contributed by atoms with Gasteiger partial charge in [0, 0.05) is 20.2 Å². The second kappa shape index (κ2) is 6.56. The SMILES string of the molecule is CCCNc1ncnc(N(C)C2CCOC2)c1OC. The van der Waals surface area contributed by atoms with Crippen LogP contribution in [-0.2, 0) is 4.74 Å². The highest BCUT2D eigenvalue weighted by molar-refractivity contribution is 5.64. The number of ether oxygens (including phenoxy) is 2. The van der Waals surface area contributed by atoms with E-state index in [1.807, 2.05) is 7.05 Å². The van der Waals surface area contributed by atoms with Crippen LogP contribution in [0.4, 0.5) is 11.6 Å². The Morgan fingerprint density at radius 2 is 2.37 bits per heavy atom. The van der Waals surface area contributed by atoms with E-state index in [1.54, 1.807) is 13.4 Å². The molecule has 1 aliphatic rings. The van der Waals surface area contributed by atoms with Crippen LogP contribution in [0.5, 0.6) is 5.75 Å². The van der Waals surface area contributed by atoms with Crippen molar-refractivity contribution >= 4 is 11.6 Å². The molecule has 106 valence electrons. The molecule has 0 aromatic carbocycles. The first-order valence-corrected chi connectivity index (χ1v) is 6.71. The number of nitrogens with one attached hydrogen (secondary N) is 1. The Morgan fingerprint density at radius 1 is 1.53 bits per heavy atom. The summed E-state index contributed by atoms with van der Waals surface area (Å²) in [5.74, 6) is 2.26. The number of aromatic nitrogens is 2. The van der Waals surface area contributed by atoms with E-state index in [0.29, 0.717) is 11.8 Å². The van der Waals surface area contributed by atoms with E-state index >= 15 is 0 Å². The first-order chi connectivity index (χ1) is 9.27. The Labute approximate surface area is 114 Å². The Morgan fingerprint density at radius 3 is 3.00 bits per heavy atom. The second-order valence-corrected chi connectivity index (χ2v) is 4.63. The monoisotopic (exact) mass is 266 g/mol. The van der Waals surface area contributed by atoms with Crippen LogP contribution in [0, 0.1) is 0 Å². The molecule has 19 heavy (non-hydrogen) atoms. The number of likely N-dealkylation sites (N-methyl/N-ethyl adjacent to an activating group) is 1. The maximum absolute atomic E-state index is 5.48. The lowest BCUT2D eigenvalue weighted by Gasteiger charge is -2.26. The molecule has 1 aromatic rings. The van der Waals surface area contributed by atoms with Crippen molar-refractivity contribution in [1.82, 2.24) is 9.97 Å². The number of hydrogen-bond acceptors (Lipinski definition) is 6. The van der Waals surface area contributed by atoms with Gasteiger partial charge in [0.1, 0.15) is 6.33 Å². The van der Waals surface area contributed by atoms with Crippen molar-refractivity contribution in [1.29, 1.82) is 0 Å². The molecule has 0 saturated carbocycles. The van der Waals surface area contributed by atoms with E-state index in [1.165, 1.54) is 0 Å². The molecule has 0 spiro atoms. The lowest BCUT2D eigenvalue weighted by atomic mass is 10.2. The van der Waals surface area contributed by atoms with Crippen molar-refractivity contribution in [2.45, 2.75) is 25.8 Å². The second-order valence-electron chi connectivity index (χ2n) is 4.63. The maximum atomic E-state index is 5.48. The summed E-state index contributed by atoms with van der Waals surface area (Å²) in [4.78, 5) is 10.7. The summed E-state index contributed by atoms with van der Waals surface area (Å²) in [6.45, 7) is 4.53. The zero-order valence-electron chi connectivity index (χ0n) is 11.8. The van der Waals surface area contributed by atoms with Crippen molar-refractivity contribution in [3.63, 3.8) is 0 Å². The van der Waals surface area contributed by atoms with Gasteiger partial charge >= 0.3 is 0 Å². The summed E-state index contributed by atoms with van der Waals surface area (Å²) in [7, 11) is 3.67. The minimum atomic E-state index is 0.350. The largest absolute Gasteiger partial charge is 0.490 e. The fourth-order valence-corrected chi connectivity index (χ4v) is 2.17. The molecular formula is C13H22N4O2. The molecule has 1 aromatic heterocycles. The molecule has 1 fully saturated rings. The van der Waals surface area contributed by atoms with Gasteiger partial charge in [0.05, 0.1) is 19.8 Å². The number of rotatable bonds is 6. The molecule has 1 aliphatic heterocycles. The van der Waals surface area contributed by atoms with E-state index in [2.05, 4.69) is 27.1 Å². The molecule has 2 heterocycles. The van der Waals surface area contributed by atoms with Gasteiger partial charge in [0.25, 0.3) is 0 Å². The van der Waals surface area contributed by atoms with Gasteiger partial charge in [0.2, 0.25) is 5.75 Å². The van der Waals surface area contributed by atoms with Gasteiger partial charge in [-0.15, -0.1) is 0 Å². The molecule has 6 nitrogen and oxygen atoms in total. The molecule has 0 amide bonds. The quantitative estimate of drug-likeness (QED) is 0.842. The number of anilines is 2. The molecule has 0 bridgehead atoms. The Hall–Kier alpha value is -1.56. The fraction of sp³-hybridized carbons (Fsp3) is 0.692. The molecule has 0 aliphatic carbocycles. The third kappa shape index (κ3) is 3.07. The Bertz CT molecular complexity index is 408. The zero-order valence-corrected chi connectivity index (χ0v) is 11.8. The van der Waals surface area contributed by atoms with Crippen molar-refractivity contribution in [3.8, 4) is 5.75 Å². The fourth-order valence-electron chi connectivity index (χ4n) is 2.17. The number of hydrogen-bond donors (Lipinski definition) is 1. The van der Waals surface area contributed by atoms with Crippen LogP contribution in [0.1, 0.15) is 19.8 Å². The van der Waals surface area contributed by atoms with Gasteiger partial charge in [-0.2, -0.15) is 0 Å². The van der Waals surface area contributed by atoms with E-state index in [4.69, 9.17) is 9.47 Å². The lowest BCUT2D eigenvalue weighted by Crippen LogP contribution is -2.33. The summed E-state index contributed by atoms with van der Waals surface area (Å²) in [5, 5.41) is 3.27. The van der Waals surface area contributed by atoms with E-state index in [0.717, 1.165) is 44.2 Å². The van der Waals surface area contributed by atoms with Gasteiger partial charge in [-0.05, 0) is 12.8 Å². The van der Waals surface area contributed by atoms with Crippen molar-refractivity contribution in [2.24, 2.45) is 0 Å². The van der Waals surface area contributed by atoms with Gasteiger partial charge in [-0.1, -0.05) is 6.92 Å². The van der Waals surface area contributed by atoms with Gasteiger partial charge < -0.3 is 19.7 Å². The van der Waals surface area contributed by atoms with Crippen LogP contribution in [-0.4, -0.2) is 49.9 Å². The van der Waals surface area contributed by atoms with E-state index in [-0.39, 0.29) is 0 Å². The summed E-state index contributed by atoms with van der Waals surface area (Å²) >= 11 is 0. The van der Waals surface area contributed by atoms with Crippen molar-refractivity contribution < 1.29 is 9.47 Å². The van der Waals surface area contributed by atoms with Crippen LogP contribution in [0.25, 0.3) is 0 Å². The first kappa shape index (κ1) is 13.9. The van der Waals surface area contributed by atoms with E-state index in [9.17, 15) is 0 Å². The number of methoxy groups -OCH3 is 1. The molecule has 0 radical (unpaired) electrons. The van der Waals surface area contributed by atoms with Crippen molar-refractivity contribution in [3.05, 3.63) is 6.33 Å². The third-order valence-electron chi connectivity index (χ3n) is 3.32. The predicted octanol–water partition coefficient (Wildman–Crippen LogP) is 1.53. The molecule has 1 saturated heterocycles. The Kier molecular flexibility index (Phi) is 4.79. The molecule has 1 N–H and O–H groups in total. The first-order valence-electron chi connectivity index (χ1n) is 6.71. The van der Waals surface area contributed by atoms with Gasteiger partial charge in [-0.3, -0.25) is 0 Å². The van der Waals surface area contributed by atoms with E-state index < -0.39 is 0 Å². The van der Waals surface area contributed by atoms with Gasteiger partial charge in [0.15, 0.2) is 11.6 Å². The van der Waals surface area contributed by atoms with Crippen LogP contribution in [0.3, 0.4) is 0 Å². The van der Waals surface area contributed by atoms with Crippen LogP contribution < -0.4 is 15.0 Å². The smallest absolute Gasteiger partial charge is 0.204 e. The standard InChI is InChI=1S/C13H22N4O2/c1-4-6-14-12-11(18-3)13(16-9-15-12)17(2)10-5-7-19-8-10/h9-10H,4-8H2,1-3H3,(H,14,15,16). The molecular weight excluding hydrogens is 244 g/mol. The predicted molar refractivity (Wildman–Crippen MR) is 75.0 cm³/mol. The summed E-state index contributed by atoms with van der Waals surface area (Å²) in [6.07, 6.45) is 3.62. The van der Waals surface area contributed by atoms with Crippen LogP contribution in [0.2, 0.25) is 0 Å². The van der Waals surface area contributed by atoms with Crippen LogP contribution >= 0.6 is 0 Å². The number of nitrogens with zero attached hydrogens (tertiary/aromatic N) is 3. The highest BCUT2D eigenvalue weighted by Crippen LogP contribution is 2.33. The maximum Gasteiger partial charge on any atom is 0.204 e.